The fourth-order valence-corrected chi connectivity index (χ4v) is 3.21. The summed E-state index contributed by atoms with van der Waals surface area (Å²) in [6.45, 7) is 0. The van der Waals surface area contributed by atoms with Gasteiger partial charge in [0.25, 0.3) is 11.5 Å². The van der Waals surface area contributed by atoms with Crippen molar-refractivity contribution >= 4 is 16.7 Å². The van der Waals surface area contributed by atoms with Crippen LogP contribution in [-0.4, -0.2) is 23.1 Å². The molecular formula is C17H17F3N2O2. The van der Waals surface area contributed by atoms with Crippen LogP contribution < -0.4 is 10.9 Å². The van der Waals surface area contributed by atoms with E-state index >= 15 is 0 Å². The maximum absolute atomic E-state index is 12.8. The van der Waals surface area contributed by atoms with Crippen LogP contribution in [0.1, 0.15) is 36.2 Å². The van der Waals surface area contributed by atoms with E-state index in [9.17, 15) is 22.8 Å². The fourth-order valence-electron chi connectivity index (χ4n) is 3.21. The Morgan fingerprint density at radius 2 is 1.96 bits per heavy atom. The van der Waals surface area contributed by atoms with E-state index in [-0.39, 0.29) is 18.5 Å². The van der Waals surface area contributed by atoms with Gasteiger partial charge in [-0.1, -0.05) is 24.6 Å². The summed E-state index contributed by atoms with van der Waals surface area (Å²) in [5, 5.41) is 3.70. The summed E-state index contributed by atoms with van der Waals surface area (Å²) in [5.41, 5.74) is -0.331. The second-order valence-corrected chi connectivity index (χ2v) is 6.17. The van der Waals surface area contributed by atoms with E-state index in [1.54, 1.807) is 24.3 Å². The number of rotatable bonds is 2. The van der Waals surface area contributed by atoms with E-state index < -0.39 is 29.6 Å². The molecule has 24 heavy (non-hydrogen) atoms. The smallest absolute Gasteiger partial charge is 0.348 e. The number of hydrogen-bond donors (Lipinski definition) is 2. The molecule has 0 spiro atoms. The summed E-state index contributed by atoms with van der Waals surface area (Å²) in [7, 11) is 0. The van der Waals surface area contributed by atoms with Crippen LogP contribution in [-0.2, 0) is 0 Å². The Labute approximate surface area is 136 Å². The second-order valence-electron chi connectivity index (χ2n) is 6.17. The molecule has 0 aliphatic heterocycles. The number of H-pyrrole nitrogens is 1. The Hall–Kier alpha value is -2.31. The predicted octanol–water partition coefficient (Wildman–Crippen LogP) is 3.38. The quantitative estimate of drug-likeness (QED) is 0.882. The summed E-state index contributed by atoms with van der Waals surface area (Å²) in [4.78, 5) is 26.8. The lowest BCUT2D eigenvalue weighted by molar-refractivity contribution is -0.183. The van der Waals surface area contributed by atoms with Crippen LogP contribution in [0.2, 0.25) is 0 Å². The molecule has 1 aromatic heterocycles. The van der Waals surface area contributed by atoms with Crippen molar-refractivity contribution in [3.63, 3.8) is 0 Å². The molecule has 2 aromatic rings. The highest BCUT2D eigenvalue weighted by molar-refractivity contribution is 5.96. The molecule has 1 saturated carbocycles. The first kappa shape index (κ1) is 16.5. The Morgan fingerprint density at radius 3 is 2.71 bits per heavy atom. The van der Waals surface area contributed by atoms with Crippen LogP contribution in [0.15, 0.2) is 35.1 Å². The van der Waals surface area contributed by atoms with Gasteiger partial charge in [-0.05, 0) is 36.8 Å². The average molecular weight is 338 g/mol. The van der Waals surface area contributed by atoms with Gasteiger partial charge < -0.3 is 10.3 Å². The van der Waals surface area contributed by atoms with Gasteiger partial charge in [-0.3, -0.25) is 9.59 Å². The molecule has 1 heterocycles. The van der Waals surface area contributed by atoms with Crippen molar-refractivity contribution in [2.75, 3.05) is 0 Å². The molecule has 0 radical (unpaired) electrons. The van der Waals surface area contributed by atoms with E-state index in [4.69, 9.17) is 0 Å². The highest BCUT2D eigenvalue weighted by Crippen LogP contribution is 2.37. The average Bonchev–Trinajstić information content (AvgIpc) is 2.54. The topological polar surface area (TPSA) is 62.0 Å². The number of aromatic amines is 1. The van der Waals surface area contributed by atoms with Crippen LogP contribution in [0.5, 0.6) is 0 Å². The van der Waals surface area contributed by atoms with E-state index in [2.05, 4.69) is 10.3 Å². The van der Waals surface area contributed by atoms with Crippen molar-refractivity contribution in [3.8, 4) is 0 Å². The number of nitrogens with one attached hydrogen (secondary N) is 2. The molecule has 1 aliphatic carbocycles. The van der Waals surface area contributed by atoms with Crippen LogP contribution in [0.25, 0.3) is 10.8 Å². The molecule has 7 heteroatoms. The maximum atomic E-state index is 12.8. The number of alkyl halides is 3. The van der Waals surface area contributed by atoms with Crippen molar-refractivity contribution in [1.29, 1.82) is 0 Å². The summed E-state index contributed by atoms with van der Waals surface area (Å²) in [6, 6.07) is 7.82. The Morgan fingerprint density at radius 1 is 1.21 bits per heavy atom. The number of carbonyl (C=O) groups excluding carboxylic acids is 1. The lowest BCUT2D eigenvalue weighted by Crippen LogP contribution is -2.42. The molecule has 0 bridgehead atoms. The Balaban J connectivity index is 1.77. The third-order valence-corrected chi connectivity index (χ3v) is 4.47. The molecule has 2 atom stereocenters. The number of carbonyl (C=O) groups is 1. The molecule has 3 rings (SSSR count). The molecule has 1 amide bonds. The van der Waals surface area contributed by atoms with Crippen LogP contribution in [0.3, 0.4) is 0 Å². The van der Waals surface area contributed by atoms with Gasteiger partial charge in [0.05, 0.1) is 5.92 Å². The second kappa shape index (κ2) is 6.30. The van der Waals surface area contributed by atoms with Crippen molar-refractivity contribution in [2.45, 2.75) is 37.9 Å². The van der Waals surface area contributed by atoms with Gasteiger partial charge in [0, 0.05) is 11.4 Å². The zero-order valence-corrected chi connectivity index (χ0v) is 12.8. The summed E-state index contributed by atoms with van der Waals surface area (Å²) in [5.74, 6) is -1.93. The third-order valence-electron chi connectivity index (χ3n) is 4.47. The molecule has 4 nitrogen and oxygen atoms in total. The Bertz CT molecular complexity index is 813. The highest BCUT2D eigenvalue weighted by atomic mass is 19.4. The van der Waals surface area contributed by atoms with Gasteiger partial charge in [0.15, 0.2) is 0 Å². The van der Waals surface area contributed by atoms with E-state index in [0.717, 1.165) is 0 Å². The minimum atomic E-state index is -4.24. The minimum Gasteiger partial charge on any atom is -0.348 e. The SMILES string of the molecule is O=C(N[C@@H]1CCC[C@H](C(F)(F)F)C1)c1cc2ccccc2c(=O)[nH]1. The largest absolute Gasteiger partial charge is 0.391 e. The summed E-state index contributed by atoms with van der Waals surface area (Å²) >= 11 is 0. The molecular weight excluding hydrogens is 321 g/mol. The molecule has 1 aliphatic rings. The van der Waals surface area contributed by atoms with Crippen molar-refractivity contribution in [1.82, 2.24) is 10.3 Å². The number of amides is 1. The maximum Gasteiger partial charge on any atom is 0.391 e. The Kier molecular flexibility index (Phi) is 4.34. The minimum absolute atomic E-state index is 0.0628. The van der Waals surface area contributed by atoms with E-state index in [1.807, 2.05) is 0 Å². The van der Waals surface area contributed by atoms with E-state index in [0.29, 0.717) is 23.6 Å². The van der Waals surface area contributed by atoms with Gasteiger partial charge in [0.2, 0.25) is 0 Å². The summed E-state index contributed by atoms with van der Waals surface area (Å²) in [6.07, 6.45) is -3.32. The highest BCUT2D eigenvalue weighted by Gasteiger charge is 2.42. The molecule has 0 unspecified atom stereocenters. The first-order valence-electron chi connectivity index (χ1n) is 7.84. The van der Waals surface area contributed by atoms with E-state index in [1.165, 1.54) is 6.07 Å². The third kappa shape index (κ3) is 3.44. The van der Waals surface area contributed by atoms with Crippen molar-refractivity contribution in [2.24, 2.45) is 5.92 Å². The standard InChI is InChI=1S/C17H17F3N2O2/c18-17(19,20)11-5-3-6-12(9-11)21-16(24)14-8-10-4-1-2-7-13(10)15(23)22-14/h1-2,4,7-8,11-12H,3,5-6,9H2,(H,21,24)(H,22,23)/t11-,12+/m0/s1. The van der Waals surface area contributed by atoms with Crippen LogP contribution >= 0.6 is 0 Å². The monoisotopic (exact) mass is 338 g/mol. The van der Waals surface area contributed by atoms with Crippen LogP contribution in [0, 0.1) is 5.92 Å². The number of halogens is 3. The van der Waals surface area contributed by atoms with Gasteiger partial charge in [-0.15, -0.1) is 0 Å². The zero-order valence-electron chi connectivity index (χ0n) is 12.8. The number of benzene rings is 1. The summed E-state index contributed by atoms with van der Waals surface area (Å²) < 4.78 is 38.5. The normalized spacial score (nSPS) is 21.6. The van der Waals surface area contributed by atoms with Gasteiger partial charge >= 0.3 is 6.18 Å². The lowest BCUT2D eigenvalue weighted by Gasteiger charge is -2.31. The molecule has 0 saturated heterocycles. The molecule has 1 fully saturated rings. The number of fused-ring (bicyclic) bond motifs is 1. The van der Waals surface area contributed by atoms with Gasteiger partial charge in [-0.2, -0.15) is 13.2 Å². The number of pyridine rings is 1. The predicted molar refractivity (Wildman–Crippen MR) is 83.8 cm³/mol. The first-order chi connectivity index (χ1) is 11.3. The fraction of sp³-hybridized carbons (Fsp3) is 0.412. The molecule has 2 N–H and O–H groups in total. The van der Waals surface area contributed by atoms with Crippen LogP contribution in [0.4, 0.5) is 13.2 Å². The van der Waals surface area contributed by atoms with Gasteiger partial charge in [0.1, 0.15) is 5.69 Å². The van der Waals surface area contributed by atoms with Crippen molar-refractivity contribution in [3.05, 3.63) is 46.4 Å². The molecule has 128 valence electrons. The number of aromatic nitrogens is 1. The number of hydrogen-bond acceptors (Lipinski definition) is 2. The zero-order chi connectivity index (χ0) is 17.3. The molecule has 1 aromatic carbocycles. The lowest BCUT2D eigenvalue weighted by atomic mass is 9.85. The van der Waals surface area contributed by atoms with Gasteiger partial charge in [-0.25, -0.2) is 0 Å². The first-order valence-corrected chi connectivity index (χ1v) is 7.84. The van der Waals surface area contributed by atoms with Crippen molar-refractivity contribution < 1.29 is 18.0 Å².